The van der Waals surface area contributed by atoms with Gasteiger partial charge in [-0.2, -0.15) is 13.2 Å². The second-order valence-corrected chi connectivity index (χ2v) is 7.43. The van der Waals surface area contributed by atoms with Crippen LogP contribution in [-0.4, -0.2) is 29.9 Å². The molecule has 2 heterocycles. The van der Waals surface area contributed by atoms with E-state index in [-0.39, 0.29) is 0 Å². The summed E-state index contributed by atoms with van der Waals surface area (Å²) in [6, 6.07) is 7.38. The van der Waals surface area contributed by atoms with Gasteiger partial charge in [-0.3, -0.25) is 0 Å². The van der Waals surface area contributed by atoms with E-state index in [9.17, 15) is 13.2 Å². The molecule has 9 heteroatoms. The van der Waals surface area contributed by atoms with Gasteiger partial charge in [0, 0.05) is 28.9 Å². The fourth-order valence-electron chi connectivity index (χ4n) is 3.13. The lowest BCUT2D eigenvalue weighted by Crippen LogP contribution is -2.19. The third-order valence-corrected chi connectivity index (χ3v) is 5.38. The smallest absolute Gasteiger partial charge is 0.406 e. The van der Waals surface area contributed by atoms with E-state index in [0.717, 1.165) is 5.56 Å². The maximum Gasteiger partial charge on any atom is 0.406 e. The minimum absolute atomic E-state index is 0.528. The summed E-state index contributed by atoms with van der Waals surface area (Å²) in [6.45, 7) is 2.88. The molecule has 3 rings (SSSR count). The van der Waals surface area contributed by atoms with Gasteiger partial charge in [0.15, 0.2) is 16.6 Å². The summed E-state index contributed by atoms with van der Waals surface area (Å²) in [6.07, 6.45) is -4.26. The van der Waals surface area contributed by atoms with E-state index in [1.165, 1.54) is 15.9 Å². The van der Waals surface area contributed by atoms with Gasteiger partial charge in [0.1, 0.15) is 6.54 Å². The third-order valence-electron chi connectivity index (χ3n) is 4.58. The number of nitrogens with zero attached hydrogens (tertiary/aromatic N) is 2. The molecule has 0 fully saturated rings. The lowest BCUT2D eigenvalue weighted by Gasteiger charge is -2.12. The molecule has 0 unspecified atom stereocenters. The van der Waals surface area contributed by atoms with Crippen molar-refractivity contribution in [2.45, 2.75) is 33.1 Å². The first-order valence-corrected chi connectivity index (χ1v) is 9.74. The summed E-state index contributed by atoms with van der Waals surface area (Å²) >= 11 is 1.41. The standard InChI is InChI=1S/C20H22F3N3O2S/c1-12-7-15(13(2)26(12)11-20(21,22)23)16-10-29-19(25-16)24-9-14-5-6-17(27-3)18(8-14)28-4/h5-8,10H,9,11H2,1-4H3,(H,24,25). The Labute approximate surface area is 171 Å². The molecule has 0 saturated heterocycles. The van der Waals surface area contributed by atoms with Gasteiger partial charge in [0.05, 0.1) is 19.9 Å². The number of anilines is 1. The van der Waals surface area contributed by atoms with Gasteiger partial charge in [-0.15, -0.1) is 11.3 Å². The van der Waals surface area contributed by atoms with Crippen LogP contribution in [0.25, 0.3) is 11.3 Å². The molecule has 0 amide bonds. The van der Waals surface area contributed by atoms with Gasteiger partial charge < -0.3 is 19.4 Å². The third kappa shape index (κ3) is 4.84. The van der Waals surface area contributed by atoms with Gasteiger partial charge in [0.2, 0.25) is 0 Å². The number of benzene rings is 1. The van der Waals surface area contributed by atoms with Crippen molar-refractivity contribution in [2.75, 3.05) is 19.5 Å². The molecule has 2 aromatic heterocycles. The lowest BCUT2D eigenvalue weighted by molar-refractivity contribution is -0.141. The number of aromatic nitrogens is 2. The Kier molecular flexibility index (Phi) is 6.07. The van der Waals surface area contributed by atoms with Crippen molar-refractivity contribution >= 4 is 16.5 Å². The molecule has 0 aliphatic heterocycles. The average Bonchev–Trinajstić information content (AvgIpc) is 3.25. The van der Waals surface area contributed by atoms with Gasteiger partial charge in [-0.05, 0) is 37.6 Å². The first-order chi connectivity index (χ1) is 13.7. The molecule has 0 aliphatic rings. The first-order valence-electron chi connectivity index (χ1n) is 8.86. The summed E-state index contributed by atoms with van der Waals surface area (Å²) < 4.78 is 50.3. The van der Waals surface area contributed by atoms with Gasteiger partial charge in [0.25, 0.3) is 0 Å². The highest BCUT2D eigenvalue weighted by atomic mass is 32.1. The normalized spacial score (nSPS) is 11.6. The van der Waals surface area contributed by atoms with Crippen molar-refractivity contribution in [3.8, 4) is 22.8 Å². The highest BCUT2D eigenvalue weighted by molar-refractivity contribution is 7.14. The number of nitrogens with one attached hydrogen (secondary N) is 1. The lowest BCUT2D eigenvalue weighted by atomic mass is 10.2. The summed E-state index contributed by atoms with van der Waals surface area (Å²) in [7, 11) is 3.16. The van der Waals surface area contributed by atoms with E-state index >= 15 is 0 Å². The molecule has 0 spiro atoms. The predicted molar refractivity (Wildman–Crippen MR) is 108 cm³/mol. The van der Waals surface area contributed by atoms with Crippen molar-refractivity contribution in [1.82, 2.24) is 9.55 Å². The average molecular weight is 425 g/mol. The minimum atomic E-state index is -4.26. The first kappa shape index (κ1) is 21.0. The van der Waals surface area contributed by atoms with E-state index in [2.05, 4.69) is 10.3 Å². The monoisotopic (exact) mass is 425 g/mol. The quantitative estimate of drug-likeness (QED) is 0.549. The minimum Gasteiger partial charge on any atom is -0.493 e. The van der Waals surface area contributed by atoms with Crippen LogP contribution in [0, 0.1) is 13.8 Å². The van der Waals surface area contributed by atoms with Crippen molar-refractivity contribution in [3.63, 3.8) is 0 Å². The number of alkyl halides is 3. The molecule has 0 bridgehead atoms. The van der Waals surface area contributed by atoms with Crippen LogP contribution < -0.4 is 14.8 Å². The van der Waals surface area contributed by atoms with E-state index in [4.69, 9.17) is 9.47 Å². The molecule has 3 aromatic rings. The fourth-order valence-corrected chi connectivity index (χ4v) is 3.84. The number of methoxy groups -OCH3 is 2. The van der Waals surface area contributed by atoms with Crippen LogP contribution in [0.15, 0.2) is 29.6 Å². The molecule has 0 aliphatic carbocycles. The number of thiazole rings is 1. The molecule has 1 aromatic carbocycles. The van der Waals surface area contributed by atoms with Crippen LogP contribution in [0.2, 0.25) is 0 Å². The number of rotatable bonds is 7. The van der Waals surface area contributed by atoms with E-state index in [0.29, 0.717) is 45.8 Å². The molecule has 29 heavy (non-hydrogen) atoms. The van der Waals surface area contributed by atoms with Gasteiger partial charge >= 0.3 is 6.18 Å². The Morgan fingerprint density at radius 2 is 1.83 bits per heavy atom. The van der Waals surface area contributed by atoms with Crippen LogP contribution in [0.5, 0.6) is 11.5 Å². The Hall–Kier alpha value is -2.68. The maximum atomic E-state index is 12.8. The van der Waals surface area contributed by atoms with Crippen molar-refractivity contribution in [1.29, 1.82) is 0 Å². The second kappa shape index (κ2) is 8.36. The van der Waals surface area contributed by atoms with Crippen molar-refractivity contribution in [2.24, 2.45) is 0 Å². The molecule has 0 radical (unpaired) electrons. The zero-order valence-electron chi connectivity index (χ0n) is 16.6. The van der Waals surface area contributed by atoms with Crippen LogP contribution in [-0.2, 0) is 13.1 Å². The molecule has 0 saturated carbocycles. The predicted octanol–water partition coefficient (Wildman–Crippen LogP) is 5.42. The number of hydrogen-bond donors (Lipinski definition) is 1. The van der Waals surface area contributed by atoms with Gasteiger partial charge in [-0.25, -0.2) is 4.98 Å². The maximum absolute atomic E-state index is 12.8. The van der Waals surface area contributed by atoms with Crippen molar-refractivity contribution < 1.29 is 22.6 Å². The molecule has 1 N–H and O–H groups in total. The SMILES string of the molecule is COc1ccc(CNc2nc(-c3cc(C)n(CC(F)(F)F)c3C)cs2)cc1OC. The fraction of sp³-hybridized carbons (Fsp3) is 0.350. The molecule has 5 nitrogen and oxygen atoms in total. The highest BCUT2D eigenvalue weighted by Crippen LogP contribution is 2.32. The molecule has 156 valence electrons. The van der Waals surface area contributed by atoms with E-state index in [1.54, 1.807) is 34.1 Å². The Bertz CT molecular complexity index is 996. The Morgan fingerprint density at radius 3 is 2.48 bits per heavy atom. The highest BCUT2D eigenvalue weighted by Gasteiger charge is 2.30. The zero-order chi connectivity index (χ0) is 21.2. The number of hydrogen-bond acceptors (Lipinski definition) is 5. The summed E-state index contributed by atoms with van der Waals surface area (Å²) in [4.78, 5) is 4.54. The summed E-state index contributed by atoms with van der Waals surface area (Å²) in [5.41, 5.74) is 3.47. The van der Waals surface area contributed by atoms with Crippen molar-refractivity contribution in [3.05, 3.63) is 46.6 Å². The Morgan fingerprint density at radius 1 is 1.10 bits per heavy atom. The number of halogens is 3. The van der Waals surface area contributed by atoms with E-state index < -0.39 is 12.7 Å². The van der Waals surface area contributed by atoms with Gasteiger partial charge in [-0.1, -0.05) is 6.07 Å². The number of aryl methyl sites for hydroxylation is 1. The summed E-state index contributed by atoms with van der Waals surface area (Å²) in [5, 5.41) is 5.78. The molecule has 0 atom stereocenters. The Balaban J connectivity index is 1.74. The summed E-state index contributed by atoms with van der Waals surface area (Å²) in [5.74, 6) is 1.30. The van der Waals surface area contributed by atoms with Crippen LogP contribution >= 0.6 is 11.3 Å². The second-order valence-electron chi connectivity index (χ2n) is 6.57. The van der Waals surface area contributed by atoms with Crippen LogP contribution in [0.1, 0.15) is 17.0 Å². The topological polar surface area (TPSA) is 48.3 Å². The van der Waals surface area contributed by atoms with Crippen LogP contribution in [0.3, 0.4) is 0 Å². The number of ether oxygens (including phenoxy) is 2. The molecular formula is C20H22F3N3O2S. The molecular weight excluding hydrogens is 403 g/mol. The van der Waals surface area contributed by atoms with E-state index in [1.807, 2.05) is 23.6 Å². The zero-order valence-corrected chi connectivity index (χ0v) is 17.4. The van der Waals surface area contributed by atoms with Crippen LogP contribution in [0.4, 0.5) is 18.3 Å². The largest absolute Gasteiger partial charge is 0.493 e.